The van der Waals surface area contributed by atoms with E-state index in [0.29, 0.717) is 5.56 Å². The zero-order valence-electron chi connectivity index (χ0n) is 11.7. The van der Waals surface area contributed by atoms with Crippen LogP contribution in [0.1, 0.15) is 11.1 Å². The van der Waals surface area contributed by atoms with Crippen molar-refractivity contribution in [2.75, 3.05) is 0 Å². The van der Waals surface area contributed by atoms with Crippen LogP contribution >= 0.6 is 0 Å². The summed E-state index contributed by atoms with van der Waals surface area (Å²) in [7, 11) is 0. The molecule has 23 heavy (non-hydrogen) atoms. The first-order valence-corrected chi connectivity index (χ1v) is 6.66. The van der Waals surface area contributed by atoms with E-state index in [1.807, 2.05) is 0 Å². The number of non-ortho nitro benzene ring substituents is 1. The molecule has 1 aliphatic heterocycles. The van der Waals surface area contributed by atoms with Crippen LogP contribution in [0.3, 0.4) is 0 Å². The highest BCUT2D eigenvalue weighted by Gasteiger charge is 2.22. The van der Waals surface area contributed by atoms with Gasteiger partial charge < -0.3 is 5.32 Å². The van der Waals surface area contributed by atoms with Gasteiger partial charge in [0.1, 0.15) is 17.3 Å². The Bertz CT molecular complexity index is 874. The molecule has 0 saturated heterocycles. The number of halogens is 1. The number of benzene rings is 2. The molecule has 0 bridgehead atoms. The van der Waals surface area contributed by atoms with Crippen LogP contribution in [0.15, 0.2) is 59.2 Å². The van der Waals surface area contributed by atoms with Crippen LogP contribution in [0, 0.1) is 15.9 Å². The molecule has 0 aliphatic carbocycles. The van der Waals surface area contributed by atoms with Crippen molar-refractivity contribution in [2.45, 2.75) is 0 Å². The standard InChI is InChI=1S/C16H10FN3O3/c17-13-7-2-1-4-10(13)9-14-16(21)19-15(18-14)11-5-3-6-12(8-11)20(22)23/h1-9H,(H,18,19,21). The monoisotopic (exact) mass is 311 g/mol. The van der Waals surface area contributed by atoms with E-state index >= 15 is 0 Å². The lowest BCUT2D eigenvalue weighted by molar-refractivity contribution is -0.384. The summed E-state index contributed by atoms with van der Waals surface area (Å²) in [5.41, 5.74) is 0.578. The molecule has 0 spiro atoms. The number of aliphatic imine (C=N–C) groups is 1. The number of amidine groups is 1. The normalized spacial score (nSPS) is 15.4. The average molecular weight is 311 g/mol. The summed E-state index contributed by atoms with van der Waals surface area (Å²) in [6, 6.07) is 11.7. The van der Waals surface area contributed by atoms with Gasteiger partial charge in [-0.05, 0) is 12.1 Å². The molecule has 114 valence electrons. The number of nitro groups is 1. The van der Waals surface area contributed by atoms with Crippen LogP contribution in [0.4, 0.5) is 10.1 Å². The number of amides is 1. The fraction of sp³-hybridized carbons (Fsp3) is 0. The number of rotatable bonds is 3. The molecule has 0 unspecified atom stereocenters. The molecule has 2 aromatic rings. The Labute approximate surface area is 130 Å². The Morgan fingerprint density at radius 3 is 2.70 bits per heavy atom. The van der Waals surface area contributed by atoms with Crippen LogP contribution in [0.5, 0.6) is 0 Å². The van der Waals surface area contributed by atoms with Crippen molar-refractivity contribution < 1.29 is 14.1 Å². The summed E-state index contributed by atoms with van der Waals surface area (Å²) >= 11 is 0. The van der Waals surface area contributed by atoms with Gasteiger partial charge in [0.2, 0.25) is 0 Å². The summed E-state index contributed by atoms with van der Waals surface area (Å²) in [6.45, 7) is 0. The van der Waals surface area contributed by atoms with Crippen LogP contribution < -0.4 is 5.32 Å². The van der Waals surface area contributed by atoms with Crippen LogP contribution in [0.25, 0.3) is 6.08 Å². The maximum atomic E-state index is 13.6. The molecule has 0 saturated carbocycles. The summed E-state index contributed by atoms with van der Waals surface area (Å²) in [6.07, 6.45) is 1.33. The number of carbonyl (C=O) groups is 1. The van der Waals surface area contributed by atoms with Gasteiger partial charge in [0, 0.05) is 23.3 Å². The highest BCUT2D eigenvalue weighted by molar-refractivity contribution is 6.19. The first-order chi connectivity index (χ1) is 11.0. The van der Waals surface area contributed by atoms with E-state index in [9.17, 15) is 19.3 Å². The van der Waals surface area contributed by atoms with Crippen LogP contribution in [-0.2, 0) is 4.79 Å². The molecule has 0 fully saturated rings. The van der Waals surface area contributed by atoms with Crippen molar-refractivity contribution in [3.63, 3.8) is 0 Å². The Balaban J connectivity index is 1.97. The highest BCUT2D eigenvalue weighted by Crippen LogP contribution is 2.19. The van der Waals surface area contributed by atoms with Gasteiger partial charge in [-0.2, -0.15) is 0 Å². The first kappa shape index (κ1) is 14.6. The fourth-order valence-corrected chi connectivity index (χ4v) is 2.11. The largest absolute Gasteiger partial charge is 0.305 e. The van der Waals surface area contributed by atoms with E-state index in [-0.39, 0.29) is 22.8 Å². The van der Waals surface area contributed by atoms with Crippen LogP contribution in [-0.4, -0.2) is 16.7 Å². The molecule has 6 nitrogen and oxygen atoms in total. The lowest BCUT2D eigenvalue weighted by Gasteiger charge is -1.99. The number of hydrogen-bond donors (Lipinski definition) is 1. The number of nitro benzene ring substituents is 1. The molecular formula is C16H10FN3O3. The van der Waals surface area contributed by atoms with Crippen molar-refractivity contribution in [1.82, 2.24) is 5.32 Å². The minimum atomic E-state index is -0.531. The van der Waals surface area contributed by atoms with Gasteiger partial charge in [-0.25, -0.2) is 9.38 Å². The molecule has 0 aromatic heterocycles. The molecule has 1 heterocycles. The van der Waals surface area contributed by atoms with Crippen molar-refractivity contribution in [3.05, 3.63) is 81.3 Å². The summed E-state index contributed by atoms with van der Waals surface area (Å²) in [5.74, 6) is -0.761. The van der Waals surface area contributed by atoms with Gasteiger partial charge in [0.05, 0.1) is 4.92 Å². The average Bonchev–Trinajstić information content (AvgIpc) is 2.91. The highest BCUT2D eigenvalue weighted by atomic mass is 19.1. The van der Waals surface area contributed by atoms with E-state index in [1.54, 1.807) is 18.2 Å². The molecular weight excluding hydrogens is 301 g/mol. The third kappa shape index (κ3) is 2.98. The van der Waals surface area contributed by atoms with E-state index in [2.05, 4.69) is 10.3 Å². The van der Waals surface area contributed by atoms with Gasteiger partial charge in [-0.3, -0.25) is 14.9 Å². The van der Waals surface area contributed by atoms with Crippen LogP contribution in [0.2, 0.25) is 0 Å². The molecule has 0 atom stereocenters. The molecule has 1 amide bonds. The lowest BCUT2D eigenvalue weighted by atomic mass is 10.2. The quantitative estimate of drug-likeness (QED) is 0.537. The first-order valence-electron chi connectivity index (χ1n) is 6.66. The van der Waals surface area contributed by atoms with Crippen molar-refractivity contribution in [2.24, 2.45) is 4.99 Å². The van der Waals surface area contributed by atoms with Gasteiger partial charge in [0.15, 0.2) is 0 Å². The summed E-state index contributed by atoms with van der Waals surface area (Å²) < 4.78 is 13.6. The molecule has 7 heteroatoms. The van der Waals surface area contributed by atoms with Gasteiger partial charge >= 0.3 is 0 Å². The lowest BCUT2D eigenvalue weighted by Crippen LogP contribution is -2.24. The third-order valence-corrected chi connectivity index (χ3v) is 3.22. The Hall–Kier alpha value is -3.35. The number of hydrogen-bond acceptors (Lipinski definition) is 4. The zero-order valence-corrected chi connectivity index (χ0v) is 11.7. The van der Waals surface area contributed by atoms with Crippen molar-refractivity contribution in [3.8, 4) is 0 Å². The number of nitrogens with one attached hydrogen (secondary N) is 1. The molecule has 1 aliphatic rings. The number of nitrogens with zero attached hydrogens (tertiary/aromatic N) is 2. The molecule has 3 rings (SSSR count). The fourth-order valence-electron chi connectivity index (χ4n) is 2.11. The summed E-state index contributed by atoms with van der Waals surface area (Å²) in [4.78, 5) is 26.3. The van der Waals surface area contributed by atoms with Gasteiger partial charge in [-0.1, -0.05) is 30.3 Å². The second-order valence-electron chi connectivity index (χ2n) is 4.77. The van der Waals surface area contributed by atoms with E-state index in [0.717, 1.165) is 0 Å². The van der Waals surface area contributed by atoms with Crippen molar-refractivity contribution in [1.29, 1.82) is 0 Å². The Morgan fingerprint density at radius 1 is 1.17 bits per heavy atom. The van der Waals surface area contributed by atoms with Crippen molar-refractivity contribution >= 4 is 23.5 Å². The van der Waals surface area contributed by atoms with Gasteiger partial charge in [-0.15, -0.1) is 0 Å². The smallest absolute Gasteiger partial charge is 0.275 e. The SMILES string of the molecule is O=C1NC(c2cccc([N+](=O)[O-])c2)=NC1=Cc1ccccc1F. The predicted octanol–water partition coefficient (Wildman–Crippen LogP) is 2.65. The third-order valence-electron chi connectivity index (χ3n) is 3.22. The molecule has 2 aromatic carbocycles. The Kier molecular flexibility index (Phi) is 3.68. The second kappa shape index (κ2) is 5.80. The maximum Gasteiger partial charge on any atom is 0.275 e. The Morgan fingerprint density at radius 2 is 1.96 bits per heavy atom. The minimum Gasteiger partial charge on any atom is -0.305 e. The van der Waals surface area contributed by atoms with E-state index in [1.165, 1.54) is 36.4 Å². The predicted molar refractivity (Wildman–Crippen MR) is 82.2 cm³/mol. The zero-order chi connectivity index (χ0) is 16.4. The molecule has 0 radical (unpaired) electrons. The summed E-state index contributed by atoms with van der Waals surface area (Å²) in [5, 5.41) is 13.3. The number of carbonyl (C=O) groups excluding carboxylic acids is 1. The van der Waals surface area contributed by atoms with E-state index in [4.69, 9.17) is 0 Å². The minimum absolute atomic E-state index is 0.0385. The molecule has 1 N–H and O–H groups in total. The van der Waals surface area contributed by atoms with E-state index < -0.39 is 16.6 Å². The second-order valence-corrected chi connectivity index (χ2v) is 4.77. The van der Waals surface area contributed by atoms with Gasteiger partial charge in [0.25, 0.3) is 11.6 Å². The maximum absolute atomic E-state index is 13.6. The topological polar surface area (TPSA) is 84.6 Å².